The number of hydrogen-bond acceptors (Lipinski definition) is 4. The highest BCUT2D eigenvalue weighted by Crippen LogP contribution is 2.25. The van der Waals surface area contributed by atoms with E-state index in [-0.39, 0.29) is 11.9 Å². The molecule has 0 aliphatic carbocycles. The van der Waals surface area contributed by atoms with E-state index in [1.165, 1.54) is 16.9 Å². The quantitative estimate of drug-likeness (QED) is 0.767. The zero-order valence-electron chi connectivity index (χ0n) is 12.6. The van der Waals surface area contributed by atoms with Crippen LogP contribution in [-0.2, 0) is 0 Å². The first kappa shape index (κ1) is 15.2. The molecule has 2 aromatic heterocycles. The third-order valence-corrected chi connectivity index (χ3v) is 5.47. The lowest BCUT2D eigenvalue weighted by Gasteiger charge is -2.23. The van der Waals surface area contributed by atoms with Crippen molar-refractivity contribution in [1.82, 2.24) is 10.2 Å². The van der Waals surface area contributed by atoms with Gasteiger partial charge in [-0.05, 0) is 54.0 Å². The van der Waals surface area contributed by atoms with E-state index in [0.717, 1.165) is 15.0 Å². The van der Waals surface area contributed by atoms with Gasteiger partial charge >= 0.3 is 0 Å². The van der Waals surface area contributed by atoms with Crippen LogP contribution in [0.5, 0.6) is 0 Å². The van der Waals surface area contributed by atoms with E-state index in [0.29, 0.717) is 6.54 Å². The molecule has 1 unspecified atom stereocenters. The predicted octanol–water partition coefficient (Wildman–Crippen LogP) is 4.00. The third kappa shape index (κ3) is 3.21. The Kier molecular flexibility index (Phi) is 4.57. The van der Waals surface area contributed by atoms with Crippen LogP contribution < -0.4 is 5.32 Å². The number of likely N-dealkylation sites (N-methyl/N-ethyl adjacent to an activating group) is 1. The predicted molar refractivity (Wildman–Crippen MR) is 94.9 cm³/mol. The van der Waals surface area contributed by atoms with Crippen LogP contribution in [0.2, 0.25) is 0 Å². The molecule has 2 heterocycles. The molecule has 0 fully saturated rings. The first-order valence-corrected chi connectivity index (χ1v) is 8.86. The molecule has 0 bridgehead atoms. The number of carbonyl (C=O) groups is 1. The Hall–Kier alpha value is -1.69. The molecule has 1 aromatic carbocycles. The minimum Gasteiger partial charge on any atom is -0.349 e. The Balaban J connectivity index is 1.71. The minimum absolute atomic E-state index is 0.00304. The average molecular weight is 330 g/mol. The molecule has 22 heavy (non-hydrogen) atoms. The fourth-order valence-electron chi connectivity index (χ4n) is 2.43. The highest BCUT2D eigenvalue weighted by atomic mass is 32.1. The van der Waals surface area contributed by atoms with Gasteiger partial charge in [-0.15, -0.1) is 11.3 Å². The summed E-state index contributed by atoms with van der Waals surface area (Å²) in [5.74, 6) is 0.00304. The molecule has 3 rings (SSSR count). The van der Waals surface area contributed by atoms with Crippen molar-refractivity contribution in [3.8, 4) is 0 Å². The second-order valence-corrected chi connectivity index (χ2v) is 7.26. The van der Waals surface area contributed by atoms with Gasteiger partial charge in [-0.3, -0.25) is 4.79 Å². The fourth-order valence-corrected chi connectivity index (χ4v) is 4.12. The summed E-state index contributed by atoms with van der Waals surface area (Å²) in [6.07, 6.45) is 0. The van der Waals surface area contributed by atoms with Crippen LogP contribution in [0.4, 0.5) is 0 Å². The van der Waals surface area contributed by atoms with Gasteiger partial charge in [0.1, 0.15) is 0 Å². The Labute approximate surface area is 138 Å². The second-order valence-electron chi connectivity index (χ2n) is 5.39. The summed E-state index contributed by atoms with van der Waals surface area (Å²) >= 11 is 3.22. The number of nitrogens with zero attached hydrogens (tertiary/aromatic N) is 1. The van der Waals surface area contributed by atoms with E-state index in [1.807, 2.05) is 44.4 Å². The summed E-state index contributed by atoms with van der Waals surface area (Å²) in [7, 11) is 4.07. The molecular formula is C17H18N2OS2. The fraction of sp³-hybridized carbons (Fsp3) is 0.235. The first-order chi connectivity index (χ1) is 10.6. The SMILES string of the molecule is CN(C)C(CNC(=O)c1cc2ccccc2s1)c1ccsc1. The molecule has 0 saturated heterocycles. The molecule has 3 nitrogen and oxygen atoms in total. The van der Waals surface area contributed by atoms with Crippen molar-refractivity contribution in [2.75, 3.05) is 20.6 Å². The highest BCUT2D eigenvalue weighted by Gasteiger charge is 2.17. The molecule has 0 saturated carbocycles. The lowest BCUT2D eigenvalue weighted by Crippen LogP contribution is -2.34. The maximum atomic E-state index is 12.4. The molecule has 0 spiro atoms. The van der Waals surface area contributed by atoms with Crippen molar-refractivity contribution in [3.05, 3.63) is 57.6 Å². The van der Waals surface area contributed by atoms with Gasteiger partial charge in [-0.2, -0.15) is 11.3 Å². The van der Waals surface area contributed by atoms with E-state index in [9.17, 15) is 4.79 Å². The number of benzene rings is 1. The number of amides is 1. The topological polar surface area (TPSA) is 32.3 Å². The minimum atomic E-state index is 0.00304. The van der Waals surface area contributed by atoms with Crippen molar-refractivity contribution in [2.45, 2.75) is 6.04 Å². The summed E-state index contributed by atoms with van der Waals surface area (Å²) in [5, 5.41) is 8.39. The summed E-state index contributed by atoms with van der Waals surface area (Å²) in [6, 6.07) is 12.4. The zero-order chi connectivity index (χ0) is 15.5. The van der Waals surface area contributed by atoms with Gasteiger partial charge in [0.25, 0.3) is 5.91 Å². The number of carbonyl (C=O) groups excluding carboxylic acids is 1. The van der Waals surface area contributed by atoms with E-state index in [1.54, 1.807) is 11.3 Å². The van der Waals surface area contributed by atoms with Crippen LogP contribution in [0.25, 0.3) is 10.1 Å². The maximum absolute atomic E-state index is 12.4. The van der Waals surface area contributed by atoms with Gasteiger partial charge in [-0.1, -0.05) is 18.2 Å². The lowest BCUT2D eigenvalue weighted by molar-refractivity contribution is 0.0946. The van der Waals surface area contributed by atoms with Crippen LogP contribution in [0.1, 0.15) is 21.3 Å². The largest absolute Gasteiger partial charge is 0.349 e. The van der Waals surface area contributed by atoms with E-state index in [4.69, 9.17) is 0 Å². The number of fused-ring (bicyclic) bond motifs is 1. The smallest absolute Gasteiger partial charge is 0.261 e. The van der Waals surface area contributed by atoms with Crippen LogP contribution in [0.15, 0.2) is 47.2 Å². The van der Waals surface area contributed by atoms with Crippen molar-refractivity contribution in [3.63, 3.8) is 0 Å². The number of hydrogen-bond donors (Lipinski definition) is 1. The lowest BCUT2D eigenvalue weighted by atomic mass is 10.1. The maximum Gasteiger partial charge on any atom is 0.261 e. The monoisotopic (exact) mass is 330 g/mol. The summed E-state index contributed by atoms with van der Waals surface area (Å²) < 4.78 is 1.15. The van der Waals surface area contributed by atoms with Gasteiger partial charge in [0.2, 0.25) is 0 Å². The first-order valence-electron chi connectivity index (χ1n) is 7.10. The van der Waals surface area contributed by atoms with Crippen molar-refractivity contribution >= 4 is 38.7 Å². The van der Waals surface area contributed by atoms with Gasteiger partial charge in [0.15, 0.2) is 0 Å². The van der Waals surface area contributed by atoms with Crippen molar-refractivity contribution in [1.29, 1.82) is 0 Å². The summed E-state index contributed by atoms with van der Waals surface area (Å²) in [5.41, 5.74) is 1.24. The average Bonchev–Trinajstić information content (AvgIpc) is 3.16. The Morgan fingerprint density at radius 3 is 2.77 bits per heavy atom. The van der Waals surface area contributed by atoms with E-state index < -0.39 is 0 Å². The summed E-state index contributed by atoms with van der Waals surface area (Å²) in [6.45, 7) is 0.608. The molecule has 5 heteroatoms. The van der Waals surface area contributed by atoms with Gasteiger partial charge < -0.3 is 10.2 Å². The van der Waals surface area contributed by atoms with Crippen LogP contribution in [0.3, 0.4) is 0 Å². The molecule has 1 atom stereocenters. The van der Waals surface area contributed by atoms with Crippen molar-refractivity contribution < 1.29 is 4.79 Å². The molecule has 0 aliphatic heterocycles. The van der Waals surface area contributed by atoms with Gasteiger partial charge in [0.05, 0.1) is 10.9 Å². The Bertz CT molecular complexity index is 729. The molecule has 0 radical (unpaired) electrons. The van der Waals surface area contributed by atoms with Gasteiger partial charge in [0, 0.05) is 11.2 Å². The van der Waals surface area contributed by atoms with Crippen LogP contribution >= 0.6 is 22.7 Å². The molecule has 3 aromatic rings. The summed E-state index contributed by atoms with van der Waals surface area (Å²) in [4.78, 5) is 15.3. The normalized spacial score (nSPS) is 12.7. The Morgan fingerprint density at radius 2 is 2.09 bits per heavy atom. The molecular weight excluding hydrogens is 312 g/mol. The Morgan fingerprint density at radius 1 is 1.27 bits per heavy atom. The number of thiophene rings is 2. The molecule has 1 N–H and O–H groups in total. The second kappa shape index (κ2) is 6.60. The van der Waals surface area contributed by atoms with Crippen LogP contribution in [-0.4, -0.2) is 31.4 Å². The third-order valence-electron chi connectivity index (χ3n) is 3.66. The molecule has 114 valence electrons. The van der Waals surface area contributed by atoms with Crippen molar-refractivity contribution in [2.24, 2.45) is 0 Å². The van der Waals surface area contributed by atoms with E-state index >= 15 is 0 Å². The number of rotatable bonds is 5. The molecule has 1 amide bonds. The molecule has 0 aliphatic rings. The van der Waals surface area contributed by atoms with Gasteiger partial charge in [-0.25, -0.2) is 0 Å². The zero-order valence-corrected chi connectivity index (χ0v) is 14.2. The van der Waals surface area contributed by atoms with Crippen LogP contribution in [0, 0.1) is 0 Å². The highest BCUT2D eigenvalue weighted by molar-refractivity contribution is 7.20. The van der Waals surface area contributed by atoms with E-state index in [2.05, 4.69) is 27.0 Å². The number of nitrogens with one attached hydrogen (secondary N) is 1. The standard InChI is InChI=1S/C17H18N2OS2/c1-19(2)14(13-7-8-21-11-13)10-18-17(20)16-9-12-5-3-4-6-15(12)22-16/h3-9,11,14H,10H2,1-2H3,(H,18,20).